The molecule has 0 aliphatic heterocycles. The van der Waals surface area contributed by atoms with E-state index in [2.05, 4.69) is 0 Å². The Morgan fingerprint density at radius 1 is 1.19 bits per heavy atom. The van der Waals surface area contributed by atoms with Crippen LogP contribution >= 0.6 is 0 Å². The van der Waals surface area contributed by atoms with Crippen LogP contribution in [0.15, 0.2) is 53.3 Å². The Balaban J connectivity index is 2.05. The lowest BCUT2D eigenvalue weighted by molar-refractivity contribution is -0.136. The largest absolute Gasteiger partial charge is 0.481 e. The minimum Gasteiger partial charge on any atom is -0.481 e. The summed E-state index contributed by atoms with van der Waals surface area (Å²) in [6, 6.07) is 10.6. The van der Waals surface area contributed by atoms with E-state index in [0.29, 0.717) is 12.1 Å². The highest BCUT2D eigenvalue weighted by Crippen LogP contribution is 2.18. The monoisotopic (exact) mass is 283 g/mol. The van der Waals surface area contributed by atoms with E-state index in [9.17, 15) is 9.59 Å². The van der Waals surface area contributed by atoms with Gasteiger partial charge >= 0.3 is 5.97 Å². The molecule has 3 rings (SSSR count). The van der Waals surface area contributed by atoms with Crippen LogP contribution < -0.4 is 0 Å². The predicted molar refractivity (Wildman–Crippen MR) is 75.5 cm³/mol. The number of hydrogen-bond acceptors (Lipinski definition) is 3. The SMILES string of the molecule is O=C(O)CCc1cc(C(=O)c2ccco2)n2cccc2c1. The third kappa shape index (κ3) is 2.58. The zero-order valence-electron chi connectivity index (χ0n) is 11.2. The first-order valence-electron chi connectivity index (χ1n) is 6.55. The van der Waals surface area contributed by atoms with Crippen molar-refractivity contribution in [3.8, 4) is 0 Å². The van der Waals surface area contributed by atoms with Gasteiger partial charge in [-0.1, -0.05) is 0 Å². The normalized spacial score (nSPS) is 10.9. The molecule has 1 N–H and O–H groups in total. The number of hydrogen-bond donors (Lipinski definition) is 1. The minimum atomic E-state index is -0.857. The summed E-state index contributed by atoms with van der Waals surface area (Å²) >= 11 is 0. The van der Waals surface area contributed by atoms with Crippen LogP contribution in [0.5, 0.6) is 0 Å². The van der Waals surface area contributed by atoms with Crippen molar-refractivity contribution in [2.75, 3.05) is 0 Å². The average molecular weight is 283 g/mol. The highest BCUT2D eigenvalue weighted by Gasteiger charge is 2.16. The number of carboxylic acids is 1. The van der Waals surface area contributed by atoms with Crippen LogP contribution in [0, 0.1) is 0 Å². The van der Waals surface area contributed by atoms with Crippen LogP contribution in [0.3, 0.4) is 0 Å². The van der Waals surface area contributed by atoms with Gasteiger partial charge in [0, 0.05) is 18.1 Å². The van der Waals surface area contributed by atoms with Gasteiger partial charge in [0.05, 0.1) is 12.0 Å². The first-order chi connectivity index (χ1) is 10.1. The summed E-state index contributed by atoms with van der Waals surface area (Å²) in [5, 5.41) is 8.79. The second kappa shape index (κ2) is 5.28. The summed E-state index contributed by atoms with van der Waals surface area (Å²) in [4.78, 5) is 23.2. The molecule has 0 aliphatic carbocycles. The van der Waals surface area contributed by atoms with Crippen LogP contribution in [0.2, 0.25) is 0 Å². The Morgan fingerprint density at radius 2 is 2.05 bits per heavy atom. The Morgan fingerprint density at radius 3 is 2.76 bits per heavy atom. The van der Waals surface area contributed by atoms with E-state index in [1.165, 1.54) is 6.26 Å². The second-order valence-corrected chi connectivity index (χ2v) is 4.75. The molecular weight excluding hydrogens is 270 g/mol. The van der Waals surface area contributed by atoms with Crippen molar-refractivity contribution in [1.82, 2.24) is 4.40 Å². The molecule has 21 heavy (non-hydrogen) atoms. The van der Waals surface area contributed by atoms with Crippen molar-refractivity contribution in [1.29, 1.82) is 0 Å². The zero-order chi connectivity index (χ0) is 14.8. The van der Waals surface area contributed by atoms with Crippen molar-refractivity contribution >= 4 is 17.3 Å². The number of carbonyl (C=O) groups excluding carboxylic acids is 1. The molecule has 0 spiro atoms. The molecule has 0 atom stereocenters. The second-order valence-electron chi connectivity index (χ2n) is 4.75. The van der Waals surface area contributed by atoms with Crippen molar-refractivity contribution in [3.63, 3.8) is 0 Å². The third-order valence-electron chi connectivity index (χ3n) is 3.30. The standard InChI is InChI=1S/C16H13NO4/c18-15(19)6-5-11-9-12-3-1-7-17(12)13(10-11)16(20)14-4-2-8-21-14/h1-4,7-10H,5-6H2,(H,18,19). The van der Waals surface area contributed by atoms with Gasteiger partial charge in [-0.15, -0.1) is 0 Å². The van der Waals surface area contributed by atoms with Crippen molar-refractivity contribution in [3.05, 3.63) is 65.9 Å². The van der Waals surface area contributed by atoms with E-state index < -0.39 is 5.97 Å². The number of aromatic nitrogens is 1. The maximum atomic E-state index is 12.5. The van der Waals surface area contributed by atoms with E-state index in [1.807, 2.05) is 18.2 Å². The van der Waals surface area contributed by atoms with E-state index >= 15 is 0 Å². The fourth-order valence-corrected chi connectivity index (χ4v) is 2.31. The quantitative estimate of drug-likeness (QED) is 0.731. The van der Waals surface area contributed by atoms with Crippen LogP contribution in [0.4, 0.5) is 0 Å². The highest BCUT2D eigenvalue weighted by atomic mass is 16.4. The Labute approximate surface area is 120 Å². The van der Waals surface area contributed by atoms with Crippen LogP contribution in [0.25, 0.3) is 5.52 Å². The van der Waals surface area contributed by atoms with Gasteiger partial charge in [0.25, 0.3) is 0 Å². The lowest BCUT2D eigenvalue weighted by Gasteiger charge is -2.07. The molecule has 5 nitrogen and oxygen atoms in total. The number of furan rings is 1. The summed E-state index contributed by atoms with van der Waals surface area (Å²) in [5.74, 6) is -0.817. The molecule has 0 bridgehead atoms. The molecule has 0 aromatic carbocycles. The molecule has 0 amide bonds. The number of rotatable bonds is 5. The Kier molecular flexibility index (Phi) is 3.31. The topological polar surface area (TPSA) is 71.9 Å². The van der Waals surface area contributed by atoms with Crippen molar-refractivity contribution in [2.45, 2.75) is 12.8 Å². The van der Waals surface area contributed by atoms with Gasteiger partial charge in [0.2, 0.25) is 5.78 Å². The Hall–Kier alpha value is -2.82. The lowest BCUT2D eigenvalue weighted by atomic mass is 10.1. The summed E-state index contributed by atoms with van der Waals surface area (Å²) < 4.78 is 6.93. The number of aliphatic carboxylic acids is 1. The average Bonchev–Trinajstić information content (AvgIpc) is 3.14. The molecular formula is C16H13NO4. The summed E-state index contributed by atoms with van der Waals surface area (Å²) in [6.07, 6.45) is 3.67. The van der Waals surface area contributed by atoms with Crippen LogP contribution in [-0.2, 0) is 11.2 Å². The Bertz CT molecular complexity index is 799. The maximum absolute atomic E-state index is 12.5. The molecule has 3 heterocycles. The maximum Gasteiger partial charge on any atom is 0.303 e. The number of carbonyl (C=O) groups is 2. The van der Waals surface area contributed by atoms with Gasteiger partial charge in [-0.3, -0.25) is 9.59 Å². The van der Waals surface area contributed by atoms with Crippen molar-refractivity contribution in [2.24, 2.45) is 0 Å². The third-order valence-corrected chi connectivity index (χ3v) is 3.30. The predicted octanol–water partition coefficient (Wildman–Crippen LogP) is 2.78. The number of ketones is 1. The van der Waals surface area contributed by atoms with E-state index in [-0.39, 0.29) is 18.0 Å². The zero-order valence-corrected chi connectivity index (χ0v) is 11.2. The van der Waals surface area contributed by atoms with Crippen LogP contribution in [-0.4, -0.2) is 21.3 Å². The number of nitrogens with zero attached hydrogens (tertiary/aromatic N) is 1. The molecule has 106 valence electrons. The minimum absolute atomic E-state index is 0.0330. The fourth-order valence-electron chi connectivity index (χ4n) is 2.31. The number of carboxylic acid groups (broad SMARTS) is 1. The molecule has 3 aromatic heterocycles. The highest BCUT2D eigenvalue weighted by molar-refractivity contribution is 6.06. The molecule has 0 saturated heterocycles. The summed E-state index contributed by atoms with van der Waals surface area (Å²) in [7, 11) is 0. The van der Waals surface area contributed by atoms with Gasteiger partial charge in [-0.25, -0.2) is 0 Å². The summed E-state index contributed by atoms with van der Waals surface area (Å²) in [5.41, 5.74) is 2.14. The van der Waals surface area contributed by atoms with Gasteiger partial charge < -0.3 is 13.9 Å². The van der Waals surface area contributed by atoms with Gasteiger partial charge in [-0.2, -0.15) is 0 Å². The molecule has 0 radical (unpaired) electrons. The summed E-state index contributed by atoms with van der Waals surface area (Å²) in [6.45, 7) is 0. The van der Waals surface area contributed by atoms with E-state index in [0.717, 1.165) is 11.1 Å². The molecule has 0 fully saturated rings. The van der Waals surface area contributed by atoms with Crippen LogP contribution in [0.1, 0.15) is 28.2 Å². The molecule has 0 saturated carbocycles. The first kappa shape index (κ1) is 13.2. The lowest BCUT2D eigenvalue weighted by Crippen LogP contribution is -2.08. The fraction of sp³-hybridized carbons (Fsp3) is 0.125. The molecule has 5 heteroatoms. The molecule has 3 aromatic rings. The molecule has 0 aliphatic rings. The number of pyridine rings is 1. The van der Waals surface area contributed by atoms with E-state index in [1.54, 1.807) is 28.8 Å². The smallest absolute Gasteiger partial charge is 0.303 e. The van der Waals surface area contributed by atoms with Gasteiger partial charge in [0.15, 0.2) is 5.76 Å². The van der Waals surface area contributed by atoms with E-state index in [4.69, 9.17) is 9.52 Å². The van der Waals surface area contributed by atoms with Gasteiger partial charge in [-0.05, 0) is 48.4 Å². The van der Waals surface area contributed by atoms with Gasteiger partial charge in [0.1, 0.15) is 0 Å². The number of fused-ring (bicyclic) bond motifs is 1. The molecule has 0 unspecified atom stereocenters. The van der Waals surface area contributed by atoms with Crippen molar-refractivity contribution < 1.29 is 19.1 Å². The number of aryl methyl sites for hydroxylation is 1. The first-order valence-corrected chi connectivity index (χ1v) is 6.55.